The Hall–Kier alpha value is -1.91. The second kappa shape index (κ2) is 3.10. The first-order valence-corrected chi connectivity index (χ1v) is 4.30. The van der Waals surface area contributed by atoms with E-state index in [1.807, 2.05) is 6.92 Å². The molecule has 5 heteroatoms. The number of imidazole rings is 1. The van der Waals surface area contributed by atoms with E-state index in [9.17, 15) is 4.79 Å². The first-order valence-electron chi connectivity index (χ1n) is 4.30. The summed E-state index contributed by atoms with van der Waals surface area (Å²) < 4.78 is 1.56. The van der Waals surface area contributed by atoms with Gasteiger partial charge in [-0.25, -0.2) is 14.3 Å². The van der Waals surface area contributed by atoms with Crippen molar-refractivity contribution < 1.29 is 9.90 Å². The van der Waals surface area contributed by atoms with Gasteiger partial charge in [-0.05, 0) is 12.1 Å². The van der Waals surface area contributed by atoms with E-state index in [1.54, 1.807) is 22.8 Å². The maximum absolute atomic E-state index is 10.8. The van der Waals surface area contributed by atoms with Crippen LogP contribution in [0.5, 0.6) is 0 Å². The largest absolute Gasteiger partial charge is 0.476 e. The fourth-order valence-electron chi connectivity index (χ4n) is 1.38. The molecule has 0 radical (unpaired) electrons. The van der Waals surface area contributed by atoms with Crippen LogP contribution in [0.3, 0.4) is 0 Å². The van der Waals surface area contributed by atoms with Gasteiger partial charge in [0, 0.05) is 12.6 Å². The van der Waals surface area contributed by atoms with Crippen molar-refractivity contribution in [1.29, 1.82) is 0 Å². The molecule has 1 N–H and O–H groups in total. The number of carboxylic acid groups (broad SMARTS) is 1. The molecule has 2 heterocycles. The number of aromatic carboxylic acids is 1. The molecule has 0 saturated heterocycles. The Labute approximate surface area is 80.0 Å². The molecule has 0 spiro atoms. The molecule has 0 bridgehead atoms. The Kier molecular flexibility index (Phi) is 1.92. The zero-order valence-electron chi connectivity index (χ0n) is 7.64. The van der Waals surface area contributed by atoms with E-state index in [2.05, 4.69) is 10.1 Å². The zero-order chi connectivity index (χ0) is 10.1. The van der Waals surface area contributed by atoms with Crippen LogP contribution in [0.15, 0.2) is 18.3 Å². The number of fused-ring (bicyclic) bond motifs is 1. The molecular formula is C9H9N3O2. The fraction of sp³-hybridized carbons (Fsp3) is 0.222. The summed E-state index contributed by atoms with van der Waals surface area (Å²) in [4.78, 5) is 14.8. The molecular weight excluding hydrogens is 182 g/mol. The average Bonchev–Trinajstić information content (AvgIpc) is 2.56. The van der Waals surface area contributed by atoms with Crippen molar-refractivity contribution in [3.63, 3.8) is 0 Å². The van der Waals surface area contributed by atoms with Crippen LogP contribution in [0.2, 0.25) is 0 Å². The Morgan fingerprint density at radius 3 is 3.07 bits per heavy atom. The van der Waals surface area contributed by atoms with Crippen molar-refractivity contribution in [3.8, 4) is 0 Å². The Morgan fingerprint density at radius 2 is 2.43 bits per heavy atom. The third kappa shape index (κ3) is 1.14. The molecule has 5 nitrogen and oxygen atoms in total. The maximum atomic E-state index is 10.8. The van der Waals surface area contributed by atoms with Crippen molar-refractivity contribution in [3.05, 3.63) is 29.8 Å². The fourth-order valence-corrected chi connectivity index (χ4v) is 1.38. The Bertz CT molecular complexity index is 490. The number of aromatic nitrogens is 3. The molecule has 2 aromatic rings. The van der Waals surface area contributed by atoms with Crippen LogP contribution >= 0.6 is 0 Å². The molecule has 0 aliphatic heterocycles. The summed E-state index contributed by atoms with van der Waals surface area (Å²) in [5, 5.41) is 12.9. The van der Waals surface area contributed by atoms with Gasteiger partial charge in [-0.3, -0.25) is 0 Å². The monoisotopic (exact) mass is 191 g/mol. The molecule has 2 rings (SSSR count). The molecule has 0 fully saturated rings. The zero-order valence-corrected chi connectivity index (χ0v) is 7.64. The third-order valence-electron chi connectivity index (χ3n) is 2.00. The second-order valence-corrected chi connectivity index (χ2v) is 2.86. The van der Waals surface area contributed by atoms with Gasteiger partial charge >= 0.3 is 5.97 Å². The lowest BCUT2D eigenvalue weighted by Crippen LogP contribution is -1.97. The van der Waals surface area contributed by atoms with E-state index in [0.29, 0.717) is 17.8 Å². The SMILES string of the molecule is CCc1nc(C(=O)O)c2cccnn12. The molecule has 14 heavy (non-hydrogen) atoms. The van der Waals surface area contributed by atoms with Crippen LogP contribution in [0, 0.1) is 0 Å². The average molecular weight is 191 g/mol. The van der Waals surface area contributed by atoms with Gasteiger partial charge in [0.2, 0.25) is 0 Å². The lowest BCUT2D eigenvalue weighted by molar-refractivity contribution is 0.0693. The van der Waals surface area contributed by atoms with Crippen molar-refractivity contribution in [2.24, 2.45) is 0 Å². The highest BCUT2D eigenvalue weighted by Gasteiger charge is 2.15. The van der Waals surface area contributed by atoms with Crippen molar-refractivity contribution >= 4 is 11.5 Å². The van der Waals surface area contributed by atoms with E-state index in [1.165, 1.54) is 0 Å². The van der Waals surface area contributed by atoms with Gasteiger partial charge in [-0.2, -0.15) is 5.10 Å². The van der Waals surface area contributed by atoms with E-state index in [-0.39, 0.29) is 5.69 Å². The Morgan fingerprint density at radius 1 is 1.64 bits per heavy atom. The van der Waals surface area contributed by atoms with Gasteiger partial charge in [0.05, 0.1) is 5.52 Å². The molecule has 0 aliphatic carbocycles. The van der Waals surface area contributed by atoms with E-state index in [4.69, 9.17) is 5.11 Å². The van der Waals surface area contributed by atoms with E-state index >= 15 is 0 Å². The van der Waals surface area contributed by atoms with Crippen LogP contribution in [0.4, 0.5) is 0 Å². The van der Waals surface area contributed by atoms with Crippen LogP contribution in [0.1, 0.15) is 23.2 Å². The standard InChI is InChI=1S/C9H9N3O2/c1-2-7-11-8(9(13)14)6-4-3-5-10-12(6)7/h3-5H,2H2,1H3,(H,13,14). The molecule has 2 aromatic heterocycles. The number of hydrogen-bond donors (Lipinski definition) is 1. The van der Waals surface area contributed by atoms with Crippen LogP contribution in [-0.2, 0) is 6.42 Å². The predicted molar refractivity (Wildman–Crippen MR) is 49.3 cm³/mol. The third-order valence-corrected chi connectivity index (χ3v) is 2.00. The Balaban J connectivity index is 2.80. The summed E-state index contributed by atoms with van der Waals surface area (Å²) in [6, 6.07) is 3.39. The normalized spacial score (nSPS) is 10.6. The summed E-state index contributed by atoms with van der Waals surface area (Å²) in [7, 11) is 0. The van der Waals surface area contributed by atoms with Gasteiger partial charge in [0.25, 0.3) is 0 Å². The molecule has 0 unspecified atom stereocenters. The quantitative estimate of drug-likeness (QED) is 0.768. The summed E-state index contributed by atoms with van der Waals surface area (Å²) in [5.74, 6) is -0.354. The number of rotatable bonds is 2. The lowest BCUT2D eigenvalue weighted by Gasteiger charge is -1.93. The van der Waals surface area contributed by atoms with Gasteiger partial charge in [-0.1, -0.05) is 6.92 Å². The molecule has 0 amide bonds. The number of nitrogens with zero attached hydrogens (tertiary/aromatic N) is 3. The first-order chi connectivity index (χ1) is 6.74. The highest BCUT2D eigenvalue weighted by atomic mass is 16.4. The first kappa shape index (κ1) is 8.68. The van der Waals surface area contributed by atoms with E-state index in [0.717, 1.165) is 0 Å². The second-order valence-electron chi connectivity index (χ2n) is 2.86. The topological polar surface area (TPSA) is 67.5 Å². The minimum atomic E-state index is -1.02. The van der Waals surface area contributed by atoms with Crippen molar-refractivity contribution in [2.45, 2.75) is 13.3 Å². The molecule has 0 saturated carbocycles. The van der Waals surface area contributed by atoms with Gasteiger partial charge in [0.15, 0.2) is 5.69 Å². The van der Waals surface area contributed by atoms with Crippen LogP contribution < -0.4 is 0 Å². The number of carbonyl (C=O) groups is 1. The summed E-state index contributed by atoms with van der Waals surface area (Å²) in [6.45, 7) is 1.91. The van der Waals surface area contributed by atoms with Crippen molar-refractivity contribution in [1.82, 2.24) is 14.6 Å². The minimum Gasteiger partial charge on any atom is -0.476 e. The minimum absolute atomic E-state index is 0.0648. The number of aryl methyl sites for hydroxylation is 1. The lowest BCUT2D eigenvalue weighted by atomic mass is 10.3. The highest BCUT2D eigenvalue weighted by Crippen LogP contribution is 2.11. The molecule has 0 aromatic carbocycles. The number of hydrogen-bond acceptors (Lipinski definition) is 3. The van der Waals surface area contributed by atoms with Crippen molar-refractivity contribution in [2.75, 3.05) is 0 Å². The summed E-state index contributed by atoms with van der Waals surface area (Å²) in [6.07, 6.45) is 2.27. The molecule has 0 aliphatic rings. The maximum Gasteiger partial charge on any atom is 0.356 e. The molecule has 0 atom stereocenters. The van der Waals surface area contributed by atoms with E-state index < -0.39 is 5.97 Å². The summed E-state index contributed by atoms with van der Waals surface area (Å²) >= 11 is 0. The van der Waals surface area contributed by atoms with Gasteiger partial charge in [0.1, 0.15) is 5.82 Å². The smallest absolute Gasteiger partial charge is 0.356 e. The molecule has 72 valence electrons. The summed E-state index contributed by atoms with van der Waals surface area (Å²) in [5.41, 5.74) is 0.604. The highest BCUT2D eigenvalue weighted by molar-refractivity contribution is 5.93. The van der Waals surface area contributed by atoms with Crippen LogP contribution in [-0.4, -0.2) is 25.7 Å². The van der Waals surface area contributed by atoms with Gasteiger partial charge in [-0.15, -0.1) is 0 Å². The van der Waals surface area contributed by atoms with Gasteiger partial charge < -0.3 is 5.11 Å². The van der Waals surface area contributed by atoms with Crippen LogP contribution in [0.25, 0.3) is 5.52 Å². The predicted octanol–water partition coefficient (Wildman–Crippen LogP) is 0.990. The number of carboxylic acids is 1.